The molecule has 1 aromatic heterocycles. The van der Waals surface area contributed by atoms with Crippen molar-refractivity contribution in [2.45, 2.75) is 18.9 Å². The third kappa shape index (κ3) is 2.54. The van der Waals surface area contributed by atoms with E-state index < -0.39 is 0 Å². The highest BCUT2D eigenvalue weighted by Crippen LogP contribution is 2.16. The Balaban J connectivity index is 1.99. The molecule has 0 bridgehead atoms. The fraction of sp³-hybridized carbons (Fsp3) is 0.556. The van der Waals surface area contributed by atoms with Gasteiger partial charge in [-0.2, -0.15) is 0 Å². The van der Waals surface area contributed by atoms with Gasteiger partial charge in [-0.25, -0.2) is 9.97 Å². The van der Waals surface area contributed by atoms with Crippen LogP contribution in [0.25, 0.3) is 0 Å². The summed E-state index contributed by atoms with van der Waals surface area (Å²) in [5, 5.41) is 3.37. The second kappa shape index (κ2) is 4.88. The summed E-state index contributed by atoms with van der Waals surface area (Å²) in [5.74, 6) is 0.913. The number of ether oxygens (including phenoxy) is 1. The number of hydrogen-bond donors (Lipinski definition) is 1. The molecule has 0 aromatic carbocycles. The van der Waals surface area contributed by atoms with Gasteiger partial charge in [0.25, 0.3) is 0 Å². The Morgan fingerprint density at radius 3 is 3.21 bits per heavy atom. The fourth-order valence-electron chi connectivity index (χ4n) is 1.47. The van der Waals surface area contributed by atoms with Crippen LogP contribution in [-0.2, 0) is 4.74 Å². The first-order chi connectivity index (χ1) is 6.86. The molecule has 0 aliphatic carbocycles. The molecule has 76 valence electrons. The maximum Gasteiger partial charge on any atom is 0.143 e. The number of anilines is 1. The van der Waals surface area contributed by atoms with E-state index in [-0.39, 0.29) is 0 Å². The lowest BCUT2D eigenvalue weighted by Crippen LogP contribution is -2.30. The minimum Gasteiger partial charge on any atom is -0.379 e. The predicted octanol–water partition coefficient (Wildman–Crippen LogP) is 1.67. The highest BCUT2D eigenvalue weighted by molar-refractivity contribution is 14.1. The van der Waals surface area contributed by atoms with E-state index >= 15 is 0 Å². The topological polar surface area (TPSA) is 47.0 Å². The van der Waals surface area contributed by atoms with Crippen LogP contribution in [0, 0.1) is 3.57 Å². The first-order valence-electron chi connectivity index (χ1n) is 4.66. The molecule has 0 radical (unpaired) electrons. The molecule has 1 unspecified atom stereocenters. The molecular weight excluding hydrogens is 293 g/mol. The van der Waals surface area contributed by atoms with Crippen molar-refractivity contribution in [3.05, 3.63) is 16.1 Å². The Kier molecular flexibility index (Phi) is 3.52. The third-order valence-electron chi connectivity index (χ3n) is 2.17. The van der Waals surface area contributed by atoms with Crippen molar-refractivity contribution in [3.63, 3.8) is 0 Å². The molecule has 2 heterocycles. The molecule has 5 heteroatoms. The summed E-state index contributed by atoms with van der Waals surface area (Å²) >= 11 is 2.23. The standard InChI is InChI=1S/C9H12IN3O/c10-8-4-11-6-12-9(8)13-7-2-1-3-14-5-7/h4,6-7H,1-3,5H2,(H,11,12,13). The van der Waals surface area contributed by atoms with Gasteiger partial charge in [0.05, 0.1) is 16.2 Å². The molecule has 1 fully saturated rings. The predicted molar refractivity (Wildman–Crippen MR) is 62.2 cm³/mol. The van der Waals surface area contributed by atoms with Gasteiger partial charge in [-0.1, -0.05) is 0 Å². The van der Waals surface area contributed by atoms with Gasteiger partial charge in [0.15, 0.2) is 0 Å². The van der Waals surface area contributed by atoms with Crippen LogP contribution in [0.3, 0.4) is 0 Å². The van der Waals surface area contributed by atoms with E-state index in [2.05, 4.69) is 37.9 Å². The molecule has 0 spiro atoms. The lowest BCUT2D eigenvalue weighted by Gasteiger charge is -2.23. The normalized spacial score (nSPS) is 21.9. The van der Waals surface area contributed by atoms with E-state index in [9.17, 15) is 0 Å². The molecule has 1 aliphatic rings. The second-order valence-corrected chi connectivity index (χ2v) is 4.44. The van der Waals surface area contributed by atoms with Crippen LogP contribution in [0.4, 0.5) is 5.82 Å². The lowest BCUT2D eigenvalue weighted by molar-refractivity contribution is 0.0875. The Bertz CT molecular complexity index is 302. The summed E-state index contributed by atoms with van der Waals surface area (Å²) in [6, 6.07) is 0.396. The van der Waals surface area contributed by atoms with E-state index in [1.807, 2.05) is 0 Å². The SMILES string of the molecule is Ic1cncnc1NC1CCCOC1. The fourth-order valence-corrected chi connectivity index (χ4v) is 1.92. The zero-order valence-electron chi connectivity index (χ0n) is 7.74. The lowest BCUT2D eigenvalue weighted by atomic mass is 10.1. The number of hydrogen-bond acceptors (Lipinski definition) is 4. The summed E-state index contributed by atoms with van der Waals surface area (Å²) in [4.78, 5) is 8.14. The van der Waals surface area contributed by atoms with Crippen LogP contribution in [0.15, 0.2) is 12.5 Å². The number of nitrogens with one attached hydrogen (secondary N) is 1. The maximum absolute atomic E-state index is 5.39. The van der Waals surface area contributed by atoms with Crippen molar-refractivity contribution >= 4 is 28.4 Å². The first-order valence-corrected chi connectivity index (χ1v) is 5.74. The van der Waals surface area contributed by atoms with E-state index in [1.54, 1.807) is 12.5 Å². The maximum atomic E-state index is 5.39. The van der Waals surface area contributed by atoms with E-state index in [0.717, 1.165) is 35.4 Å². The number of aromatic nitrogens is 2. The Morgan fingerprint density at radius 2 is 2.50 bits per heavy atom. The van der Waals surface area contributed by atoms with Gasteiger partial charge < -0.3 is 10.1 Å². The van der Waals surface area contributed by atoms with E-state index in [1.165, 1.54) is 0 Å². The van der Waals surface area contributed by atoms with Crippen molar-refractivity contribution in [1.29, 1.82) is 0 Å². The minimum absolute atomic E-state index is 0.396. The number of rotatable bonds is 2. The van der Waals surface area contributed by atoms with Crippen molar-refractivity contribution in [2.75, 3.05) is 18.5 Å². The minimum atomic E-state index is 0.396. The highest BCUT2D eigenvalue weighted by atomic mass is 127. The van der Waals surface area contributed by atoms with Crippen molar-refractivity contribution in [3.8, 4) is 0 Å². The molecule has 1 saturated heterocycles. The van der Waals surface area contributed by atoms with Gasteiger partial charge in [-0.3, -0.25) is 0 Å². The van der Waals surface area contributed by atoms with E-state index in [4.69, 9.17) is 4.74 Å². The zero-order chi connectivity index (χ0) is 9.80. The van der Waals surface area contributed by atoms with Crippen LogP contribution < -0.4 is 5.32 Å². The van der Waals surface area contributed by atoms with Crippen LogP contribution in [0.2, 0.25) is 0 Å². The molecular formula is C9H12IN3O. The molecule has 1 N–H and O–H groups in total. The van der Waals surface area contributed by atoms with Gasteiger partial charge in [-0.05, 0) is 35.4 Å². The van der Waals surface area contributed by atoms with Crippen LogP contribution in [-0.4, -0.2) is 29.2 Å². The van der Waals surface area contributed by atoms with Gasteiger partial charge in [-0.15, -0.1) is 0 Å². The van der Waals surface area contributed by atoms with Gasteiger partial charge in [0, 0.05) is 12.8 Å². The van der Waals surface area contributed by atoms with E-state index in [0.29, 0.717) is 6.04 Å². The monoisotopic (exact) mass is 305 g/mol. The molecule has 1 aromatic rings. The molecule has 14 heavy (non-hydrogen) atoms. The summed E-state index contributed by atoms with van der Waals surface area (Å²) in [6.45, 7) is 1.67. The third-order valence-corrected chi connectivity index (χ3v) is 2.96. The van der Waals surface area contributed by atoms with Crippen molar-refractivity contribution in [1.82, 2.24) is 9.97 Å². The average Bonchev–Trinajstić information content (AvgIpc) is 2.23. The summed E-state index contributed by atoms with van der Waals surface area (Å²) in [5.41, 5.74) is 0. The average molecular weight is 305 g/mol. The largest absolute Gasteiger partial charge is 0.379 e. The zero-order valence-corrected chi connectivity index (χ0v) is 9.90. The molecule has 4 nitrogen and oxygen atoms in total. The smallest absolute Gasteiger partial charge is 0.143 e. The van der Waals surface area contributed by atoms with Crippen molar-refractivity contribution < 1.29 is 4.74 Å². The van der Waals surface area contributed by atoms with Crippen molar-refractivity contribution in [2.24, 2.45) is 0 Å². The second-order valence-electron chi connectivity index (χ2n) is 3.28. The van der Waals surface area contributed by atoms with Gasteiger partial charge >= 0.3 is 0 Å². The van der Waals surface area contributed by atoms with Crippen LogP contribution >= 0.6 is 22.6 Å². The molecule has 1 atom stereocenters. The Labute approximate surface area is 96.6 Å². The quantitative estimate of drug-likeness (QED) is 0.845. The summed E-state index contributed by atoms with van der Waals surface area (Å²) in [6.07, 6.45) is 5.65. The number of halogens is 1. The summed E-state index contributed by atoms with van der Waals surface area (Å²) < 4.78 is 6.44. The van der Waals surface area contributed by atoms with Crippen LogP contribution in [0.1, 0.15) is 12.8 Å². The van der Waals surface area contributed by atoms with Crippen LogP contribution in [0.5, 0.6) is 0 Å². The molecule has 0 saturated carbocycles. The molecule has 2 rings (SSSR count). The summed E-state index contributed by atoms with van der Waals surface area (Å²) in [7, 11) is 0. The number of nitrogens with zero attached hydrogens (tertiary/aromatic N) is 2. The molecule has 1 aliphatic heterocycles. The highest BCUT2D eigenvalue weighted by Gasteiger charge is 2.14. The Hall–Kier alpha value is -0.430. The first kappa shape index (κ1) is 10.1. The van der Waals surface area contributed by atoms with Gasteiger partial charge in [0.1, 0.15) is 12.1 Å². The van der Waals surface area contributed by atoms with Gasteiger partial charge in [0.2, 0.25) is 0 Å². The Morgan fingerprint density at radius 1 is 1.57 bits per heavy atom. The molecule has 0 amide bonds.